The van der Waals surface area contributed by atoms with Crippen LogP contribution < -0.4 is 10.6 Å². The molecule has 5 nitrogen and oxygen atoms in total. The number of nitrogens with one attached hydrogen (secondary N) is 2. The highest BCUT2D eigenvalue weighted by molar-refractivity contribution is 6.34. The van der Waals surface area contributed by atoms with Gasteiger partial charge in [0.15, 0.2) is 0 Å². The third-order valence-electron chi connectivity index (χ3n) is 3.75. The summed E-state index contributed by atoms with van der Waals surface area (Å²) in [6.07, 6.45) is 3.98. The molecular formula is C17H17ClFN3O2. The van der Waals surface area contributed by atoms with Gasteiger partial charge in [0.25, 0.3) is 5.91 Å². The number of anilines is 2. The van der Waals surface area contributed by atoms with Crippen molar-refractivity contribution < 1.29 is 13.9 Å². The van der Waals surface area contributed by atoms with E-state index in [1.165, 1.54) is 18.2 Å². The van der Waals surface area contributed by atoms with Crippen LogP contribution in [-0.2, 0) is 4.74 Å². The fraction of sp³-hybridized carbons (Fsp3) is 0.294. The van der Waals surface area contributed by atoms with Gasteiger partial charge in [-0.1, -0.05) is 17.7 Å². The Labute approximate surface area is 144 Å². The van der Waals surface area contributed by atoms with Gasteiger partial charge in [-0.05, 0) is 37.1 Å². The predicted molar refractivity (Wildman–Crippen MR) is 91.1 cm³/mol. The van der Waals surface area contributed by atoms with Gasteiger partial charge in [0.1, 0.15) is 11.6 Å². The number of aromatic nitrogens is 1. The molecule has 2 N–H and O–H groups in total. The van der Waals surface area contributed by atoms with E-state index in [2.05, 4.69) is 15.6 Å². The summed E-state index contributed by atoms with van der Waals surface area (Å²) in [5, 5.41) is 5.83. The average molecular weight is 350 g/mol. The highest BCUT2D eigenvalue weighted by atomic mass is 35.5. The van der Waals surface area contributed by atoms with Crippen molar-refractivity contribution in [3.63, 3.8) is 0 Å². The van der Waals surface area contributed by atoms with Crippen LogP contribution in [0.2, 0.25) is 5.02 Å². The molecule has 1 unspecified atom stereocenters. The van der Waals surface area contributed by atoms with E-state index in [9.17, 15) is 9.18 Å². The fourth-order valence-electron chi connectivity index (χ4n) is 2.50. The molecule has 0 saturated carbocycles. The molecule has 0 spiro atoms. The van der Waals surface area contributed by atoms with Crippen LogP contribution in [0.3, 0.4) is 0 Å². The fourth-order valence-corrected chi connectivity index (χ4v) is 2.75. The minimum absolute atomic E-state index is 0.0577. The Morgan fingerprint density at radius 1 is 1.38 bits per heavy atom. The monoisotopic (exact) mass is 349 g/mol. The Balaban J connectivity index is 1.60. The number of pyridine rings is 1. The summed E-state index contributed by atoms with van der Waals surface area (Å²) in [6, 6.07) is 7.53. The van der Waals surface area contributed by atoms with E-state index in [0.29, 0.717) is 5.82 Å². The lowest BCUT2D eigenvalue weighted by Gasteiger charge is -2.12. The molecule has 0 radical (unpaired) electrons. The van der Waals surface area contributed by atoms with Crippen LogP contribution >= 0.6 is 11.6 Å². The standard InChI is InChI=1S/C17H17ClFN3O2/c18-13-4-1-5-14(19)16(13)17(23)22-15-7-6-11(9-21-15)20-10-12-3-2-8-24-12/h1,4-7,9,12,20H,2-3,8,10H2,(H,21,22,23). The number of rotatable bonds is 5. The second-order valence-electron chi connectivity index (χ2n) is 5.50. The number of nitrogens with zero attached hydrogens (tertiary/aromatic N) is 1. The maximum absolute atomic E-state index is 13.7. The minimum atomic E-state index is -0.671. The Morgan fingerprint density at radius 3 is 2.92 bits per heavy atom. The first-order valence-corrected chi connectivity index (χ1v) is 8.08. The Morgan fingerprint density at radius 2 is 2.25 bits per heavy atom. The van der Waals surface area contributed by atoms with Crippen LogP contribution in [0, 0.1) is 5.82 Å². The highest BCUT2D eigenvalue weighted by Crippen LogP contribution is 2.20. The molecule has 2 heterocycles. The van der Waals surface area contributed by atoms with Gasteiger partial charge in [-0.25, -0.2) is 9.37 Å². The topological polar surface area (TPSA) is 63.2 Å². The van der Waals surface area contributed by atoms with Crippen molar-refractivity contribution in [3.05, 3.63) is 52.9 Å². The Bertz CT molecular complexity index is 698. The number of carbonyl (C=O) groups is 1. The molecule has 0 bridgehead atoms. The first-order chi connectivity index (χ1) is 11.6. The molecule has 1 aliphatic rings. The third kappa shape index (κ3) is 4.01. The summed E-state index contributed by atoms with van der Waals surface area (Å²) in [5.41, 5.74) is 0.633. The quantitative estimate of drug-likeness (QED) is 0.863. The van der Waals surface area contributed by atoms with Crippen LogP contribution in [0.1, 0.15) is 23.2 Å². The third-order valence-corrected chi connectivity index (χ3v) is 4.07. The number of benzene rings is 1. The molecule has 1 aromatic carbocycles. The van der Waals surface area contributed by atoms with Crippen molar-refractivity contribution in [1.29, 1.82) is 0 Å². The number of ether oxygens (including phenoxy) is 1. The van der Waals surface area contributed by atoms with E-state index in [0.717, 1.165) is 31.7 Å². The molecule has 2 aromatic rings. The number of halogens is 2. The maximum atomic E-state index is 13.7. The van der Waals surface area contributed by atoms with E-state index in [4.69, 9.17) is 16.3 Å². The molecule has 126 valence electrons. The first-order valence-electron chi connectivity index (χ1n) is 7.70. The summed E-state index contributed by atoms with van der Waals surface area (Å²) >= 11 is 5.88. The lowest BCUT2D eigenvalue weighted by Crippen LogP contribution is -2.18. The van der Waals surface area contributed by atoms with Crippen LogP contribution in [0.15, 0.2) is 36.5 Å². The van der Waals surface area contributed by atoms with E-state index in [1.54, 1.807) is 18.3 Å². The van der Waals surface area contributed by atoms with Crippen molar-refractivity contribution in [2.45, 2.75) is 18.9 Å². The summed E-state index contributed by atoms with van der Waals surface area (Å²) in [4.78, 5) is 16.3. The van der Waals surface area contributed by atoms with Gasteiger partial charge < -0.3 is 15.4 Å². The van der Waals surface area contributed by atoms with Gasteiger partial charge in [-0.3, -0.25) is 4.79 Å². The SMILES string of the molecule is O=C(Nc1ccc(NCC2CCCO2)cn1)c1c(F)cccc1Cl. The van der Waals surface area contributed by atoms with Gasteiger partial charge in [0.2, 0.25) is 0 Å². The van der Waals surface area contributed by atoms with Gasteiger partial charge in [0.05, 0.1) is 28.6 Å². The normalized spacial score (nSPS) is 16.8. The van der Waals surface area contributed by atoms with Crippen LogP contribution in [0.25, 0.3) is 0 Å². The average Bonchev–Trinajstić information content (AvgIpc) is 3.07. The predicted octanol–water partition coefficient (Wildman–Crippen LogP) is 3.72. The van der Waals surface area contributed by atoms with Crippen molar-refractivity contribution in [1.82, 2.24) is 4.98 Å². The molecule has 7 heteroatoms. The molecule has 0 aliphatic carbocycles. The van der Waals surface area contributed by atoms with Crippen LogP contribution in [0.4, 0.5) is 15.9 Å². The van der Waals surface area contributed by atoms with Crippen molar-refractivity contribution in [3.8, 4) is 0 Å². The molecule has 1 aromatic heterocycles. The van der Waals surface area contributed by atoms with Crippen LogP contribution in [0.5, 0.6) is 0 Å². The summed E-state index contributed by atoms with van der Waals surface area (Å²) in [6.45, 7) is 1.53. The molecule has 1 saturated heterocycles. The highest BCUT2D eigenvalue weighted by Gasteiger charge is 2.17. The van der Waals surface area contributed by atoms with Gasteiger partial charge >= 0.3 is 0 Å². The zero-order valence-corrected chi connectivity index (χ0v) is 13.6. The molecule has 24 heavy (non-hydrogen) atoms. The lowest BCUT2D eigenvalue weighted by atomic mass is 10.2. The second kappa shape index (κ2) is 7.59. The van der Waals surface area contributed by atoms with E-state index >= 15 is 0 Å². The lowest BCUT2D eigenvalue weighted by molar-refractivity contribution is 0.102. The van der Waals surface area contributed by atoms with Crippen LogP contribution in [-0.4, -0.2) is 30.1 Å². The summed E-state index contributed by atoms with van der Waals surface area (Å²) in [5.74, 6) is -0.984. The van der Waals surface area contributed by atoms with Gasteiger partial charge in [-0.15, -0.1) is 0 Å². The Kier molecular flexibility index (Phi) is 5.27. The molecule has 1 fully saturated rings. The van der Waals surface area contributed by atoms with E-state index in [1.807, 2.05) is 0 Å². The number of hydrogen-bond acceptors (Lipinski definition) is 4. The number of carbonyl (C=O) groups excluding carboxylic acids is 1. The molecular weight excluding hydrogens is 333 g/mol. The second-order valence-corrected chi connectivity index (χ2v) is 5.91. The molecule has 1 atom stereocenters. The van der Waals surface area contributed by atoms with Crippen molar-refractivity contribution in [2.24, 2.45) is 0 Å². The number of amides is 1. The number of hydrogen-bond donors (Lipinski definition) is 2. The summed E-state index contributed by atoms with van der Waals surface area (Å²) in [7, 11) is 0. The van der Waals surface area contributed by atoms with Crippen molar-refractivity contribution in [2.75, 3.05) is 23.8 Å². The zero-order valence-electron chi connectivity index (χ0n) is 12.9. The zero-order chi connectivity index (χ0) is 16.9. The Hall–Kier alpha value is -2.18. The smallest absolute Gasteiger partial charge is 0.261 e. The first kappa shape index (κ1) is 16.7. The molecule has 3 rings (SSSR count). The summed E-state index contributed by atoms with van der Waals surface area (Å²) < 4.78 is 19.3. The van der Waals surface area contributed by atoms with Gasteiger partial charge in [0, 0.05) is 13.2 Å². The van der Waals surface area contributed by atoms with Crippen molar-refractivity contribution >= 4 is 29.0 Å². The maximum Gasteiger partial charge on any atom is 0.261 e. The minimum Gasteiger partial charge on any atom is -0.381 e. The molecule has 1 amide bonds. The van der Waals surface area contributed by atoms with E-state index in [-0.39, 0.29) is 16.7 Å². The van der Waals surface area contributed by atoms with E-state index < -0.39 is 11.7 Å². The largest absolute Gasteiger partial charge is 0.381 e. The van der Waals surface area contributed by atoms with Gasteiger partial charge in [-0.2, -0.15) is 0 Å². The molecule has 1 aliphatic heterocycles.